The summed E-state index contributed by atoms with van der Waals surface area (Å²) >= 11 is -11.5. The molecule has 0 radical (unpaired) electrons. The van der Waals surface area contributed by atoms with Gasteiger partial charge in [0.25, 0.3) is 0 Å². The van der Waals surface area contributed by atoms with Gasteiger partial charge >= 0.3 is 67.4 Å². The normalized spacial score (nSPS) is 13.9. The largest absolute Gasteiger partial charge is 0.423 e. The van der Waals surface area contributed by atoms with Crippen LogP contribution in [0.15, 0.2) is 79.1 Å². The van der Waals surface area contributed by atoms with Gasteiger partial charge in [0.1, 0.15) is 11.2 Å². The number of fused-ring (bicyclic) bond motifs is 2. The first-order valence-corrected chi connectivity index (χ1v) is 14.3. The van der Waals surface area contributed by atoms with E-state index in [1.165, 1.54) is 12.1 Å². The monoisotopic (exact) mass is 606 g/mol. The average molecular weight is 606 g/mol. The molecule has 12 heteroatoms. The van der Waals surface area contributed by atoms with Crippen molar-refractivity contribution < 1.29 is 50.8 Å². The van der Waals surface area contributed by atoms with E-state index in [-0.39, 0.29) is 11.3 Å². The number of benzene rings is 2. The third-order valence-electron chi connectivity index (χ3n) is 3.39. The molecule has 0 bridgehead atoms. The van der Waals surface area contributed by atoms with Gasteiger partial charge in [-0.25, -0.2) is 9.59 Å². The second kappa shape index (κ2) is 7.15. The van der Waals surface area contributed by atoms with Crippen molar-refractivity contribution in [3.63, 3.8) is 0 Å². The van der Waals surface area contributed by atoms with Crippen LogP contribution in [-0.2, 0) is 0 Å². The minimum absolute atomic E-state index is 0.347. The molecule has 4 nitrogen and oxygen atoms in total. The Labute approximate surface area is 175 Å². The van der Waals surface area contributed by atoms with Crippen molar-refractivity contribution in [3.05, 3.63) is 88.6 Å². The van der Waals surface area contributed by atoms with Crippen LogP contribution in [0.2, 0.25) is 0 Å². The van der Waals surface area contributed by atoms with Crippen LogP contribution >= 0.6 is 0 Å². The maximum Gasteiger partial charge on any atom is 0.358 e. The number of rotatable bonds is 2. The van der Waals surface area contributed by atoms with Crippen molar-refractivity contribution in [2.24, 2.45) is 0 Å². The topological polar surface area (TPSA) is 60.4 Å². The van der Waals surface area contributed by atoms with E-state index in [9.17, 15) is 30.4 Å². The molecule has 4 rings (SSSR count). The minimum Gasteiger partial charge on any atom is -0.423 e. The molecule has 0 aliphatic heterocycles. The van der Waals surface area contributed by atoms with Crippen LogP contribution < -0.4 is 32.5 Å². The van der Waals surface area contributed by atoms with Gasteiger partial charge < -0.3 is 8.83 Å². The molecule has 0 aliphatic rings. The van der Waals surface area contributed by atoms with Gasteiger partial charge in [-0.15, -0.1) is 0 Å². The fourth-order valence-electron chi connectivity index (χ4n) is 2.31. The molecule has 2 aromatic heterocycles. The van der Waals surface area contributed by atoms with Crippen LogP contribution in [0.1, 0.15) is 0 Å². The predicted octanol–water partition coefficient (Wildman–Crippen LogP) is 2.17. The van der Waals surface area contributed by atoms with E-state index in [1.807, 2.05) is 36.4 Å². The molecule has 2 aromatic carbocycles. The van der Waals surface area contributed by atoms with Gasteiger partial charge in [-0.1, -0.05) is 0 Å². The molecule has 160 valence electrons. The van der Waals surface area contributed by atoms with E-state index in [0.717, 1.165) is 17.9 Å². The van der Waals surface area contributed by atoms with Gasteiger partial charge in [0.15, 0.2) is 7.14 Å². The molecule has 2 heterocycles. The third-order valence-corrected chi connectivity index (χ3v) is 5.98. The van der Waals surface area contributed by atoms with Crippen molar-refractivity contribution in [2.75, 3.05) is 0 Å². The molecule has 0 N–H and O–H groups in total. The SMILES string of the molecule is F[As-](F)(F)(F)(F)F.O=c1ccc2ccc([I+]c3ccc4ccc(=O)oc4c3)cc2o1. The maximum absolute atomic E-state index is 11.3. The van der Waals surface area contributed by atoms with E-state index in [1.54, 1.807) is 12.1 Å². The van der Waals surface area contributed by atoms with E-state index in [0.29, 0.717) is 11.2 Å². The zero-order valence-corrected chi connectivity index (χ0v) is 18.5. The number of halogens is 7. The summed E-state index contributed by atoms with van der Waals surface area (Å²) in [6.07, 6.45) is 0. The second-order valence-electron chi connectivity index (χ2n) is 5.93. The smallest absolute Gasteiger partial charge is 0.358 e. The van der Waals surface area contributed by atoms with E-state index in [4.69, 9.17) is 8.83 Å². The Morgan fingerprint density at radius 2 is 0.933 bits per heavy atom. The molecule has 30 heavy (non-hydrogen) atoms. The van der Waals surface area contributed by atoms with Crippen molar-refractivity contribution in [2.45, 2.75) is 0 Å². The first kappa shape index (κ1) is 22.4. The summed E-state index contributed by atoms with van der Waals surface area (Å²) in [6.45, 7) is 0. The Balaban J connectivity index is 0.000000318. The Morgan fingerprint density at radius 1 is 0.600 bits per heavy atom. The van der Waals surface area contributed by atoms with Crippen LogP contribution in [-0.4, -0.2) is 14.2 Å². The van der Waals surface area contributed by atoms with Crippen LogP contribution in [0.5, 0.6) is 0 Å². The van der Waals surface area contributed by atoms with Gasteiger partial charge in [-0.3, -0.25) is 0 Å². The molecule has 0 atom stereocenters. The van der Waals surface area contributed by atoms with E-state index < -0.39 is 35.4 Å². The fourth-order valence-corrected chi connectivity index (χ4v) is 4.63. The van der Waals surface area contributed by atoms with Crippen LogP contribution in [0.4, 0.5) is 20.8 Å². The van der Waals surface area contributed by atoms with Crippen molar-refractivity contribution in [3.8, 4) is 0 Å². The first-order valence-electron chi connectivity index (χ1n) is 7.91. The zero-order valence-electron chi connectivity index (χ0n) is 14.5. The summed E-state index contributed by atoms with van der Waals surface area (Å²) in [5.41, 5.74) is 0.504. The molecule has 0 aliphatic carbocycles. The van der Waals surface area contributed by atoms with Gasteiger partial charge in [0, 0.05) is 35.0 Å². The summed E-state index contributed by atoms with van der Waals surface area (Å²) in [6, 6.07) is 18.2. The molecule has 0 spiro atoms. The van der Waals surface area contributed by atoms with Crippen molar-refractivity contribution >= 4 is 36.1 Å². The molecular weight excluding hydrogens is 596 g/mol. The molecule has 0 amide bonds. The van der Waals surface area contributed by atoms with E-state index >= 15 is 0 Å². The fraction of sp³-hybridized carbons (Fsp3) is 0. The summed E-state index contributed by atoms with van der Waals surface area (Å²) in [5.74, 6) is 0. The van der Waals surface area contributed by atoms with Gasteiger partial charge in [-0.05, 0) is 36.4 Å². The number of hydrogen-bond donors (Lipinski definition) is 0. The Kier molecular flexibility index (Phi) is 5.35. The summed E-state index contributed by atoms with van der Waals surface area (Å²) in [7, 11) is 0. The molecule has 0 unspecified atom stereocenters. The molecule has 0 saturated carbocycles. The van der Waals surface area contributed by atoms with Gasteiger partial charge in [0.2, 0.25) is 0 Å². The molecule has 0 saturated heterocycles. The number of hydrogen-bond acceptors (Lipinski definition) is 4. The quantitative estimate of drug-likeness (QED) is 0.152. The average Bonchev–Trinajstić information content (AvgIpc) is 2.58. The first-order chi connectivity index (χ1) is 13.6. The standard InChI is InChI=1S/C18H10IO4.AsF6/c20-17-7-3-11-1-5-13(9-15(11)22-17)19-14-6-2-12-4-8-18(21)23-16(12)10-14;2-1(3,4,5,6)7/h1-10H;/q+1;-1. The molecular formula is C18H10AsF6IO4. The summed E-state index contributed by atoms with van der Waals surface area (Å²) in [5, 5.41) is 1.81. The Hall–Kier alpha value is -2.27. The zero-order chi connectivity index (χ0) is 22.2. The second-order valence-corrected chi connectivity index (χ2v) is 13.0. The summed E-state index contributed by atoms with van der Waals surface area (Å²) < 4.78 is 72.1. The third kappa shape index (κ3) is 7.52. The maximum atomic E-state index is 11.3. The Morgan fingerprint density at radius 3 is 1.30 bits per heavy atom. The molecule has 4 aromatic rings. The Bertz CT molecular complexity index is 1260. The minimum atomic E-state index is -11.1. The van der Waals surface area contributed by atoms with Gasteiger partial charge in [-0.2, -0.15) is 0 Å². The van der Waals surface area contributed by atoms with E-state index in [2.05, 4.69) is 0 Å². The predicted molar refractivity (Wildman–Crippen MR) is 94.8 cm³/mol. The van der Waals surface area contributed by atoms with Crippen LogP contribution in [0.25, 0.3) is 21.9 Å². The summed E-state index contributed by atoms with van der Waals surface area (Å²) in [4.78, 5) is 22.7. The van der Waals surface area contributed by atoms with Gasteiger partial charge in [0.05, 0.1) is 0 Å². The van der Waals surface area contributed by atoms with Crippen molar-refractivity contribution in [1.82, 2.24) is 0 Å². The van der Waals surface area contributed by atoms with Crippen molar-refractivity contribution in [1.29, 1.82) is 0 Å². The van der Waals surface area contributed by atoms with Crippen LogP contribution in [0.3, 0.4) is 0 Å². The molecule has 0 fully saturated rings. The van der Waals surface area contributed by atoms with Crippen LogP contribution in [0, 0.1) is 7.14 Å².